The van der Waals surface area contributed by atoms with Crippen molar-refractivity contribution in [1.82, 2.24) is 10.2 Å². The summed E-state index contributed by atoms with van der Waals surface area (Å²) < 4.78 is 6.18. The third kappa shape index (κ3) is 6.61. The summed E-state index contributed by atoms with van der Waals surface area (Å²) in [4.78, 5) is 53.9. The van der Waals surface area contributed by atoms with Crippen molar-refractivity contribution in [2.45, 2.75) is 166 Å². The number of ketones is 1. The van der Waals surface area contributed by atoms with Crippen LogP contribution in [0.4, 0.5) is 0 Å². The number of allylic oxidation sites excluding steroid dienone is 2. The van der Waals surface area contributed by atoms with Gasteiger partial charge in [0.1, 0.15) is 6.10 Å². The van der Waals surface area contributed by atoms with Crippen molar-refractivity contribution in [1.29, 1.82) is 0 Å². The predicted octanol–water partition coefficient (Wildman–Crippen LogP) is 8.62. The Morgan fingerprint density at radius 1 is 0.923 bits per heavy atom. The summed E-state index contributed by atoms with van der Waals surface area (Å²) in [6.07, 6.45) is 9.60. The van der Waals surface area contributed by atoms with E-state index in [1.807, 2.05) is 6.92 Å². The van der Waals surface area contributed by atoms with E-state index in [-0.39, 0.29) is 57.5 Å². The second kappa shape index (κ2) is 14.1. The Hall–Kier alpha value is -2.22. The number of amides is 1. The molecule has 0 spiro atoms. The zero-order valence-electron chi connectivity index (χ0n) is 34.8. The molecule has 2 unspecified atom stereocenters. The van der Waals surface area contributed by atoms with E-state index in [9.17, 15) is 24.3 Å². The van der Waals surface area contributed by atoms with E-state index in [0.29, 0.717) is 43.0 Å². The number of aliphatic carboxylic acids is 1. The number of nitrogens with one attached hydrogen (secondary N) is 1. The van der Waals surface area contributed by atoms with Crippen LogP contribution in [0.25, 0.3) is 0 Å². The highest BCUT2D eigenvalue weighted by atomic mass is 16.5. The zero-order valence-corrected chi connectivity index (χ0v) is 34.8. The van der Waals surface area contributed by atoms with Crippen molar-refractivity contribution in [3.63, 3.8) is 0 Å². The lowest BCUT2D eigenvalue weighted by atomic mass is 9.33. The minimum Gasteiger partial charge on any atom is -0.481 e. The number of esters is 1. The summed E-state index contributed by atoms with van der Waals surface area (Å²) in [5.74, 6) is 0.537. The van der Waals surface area contributed by atoms with Gasteiger partial charge in [-0.25, -0.2) is 0 Å². The summed E-state index contributed by atoms with van der Waals surface area (Å²) in [6.45, 7) is 28.0. The number of hydrogen-bond donors (Lipinski definition) is 2. The molecule has 1 amide bonds. The zero-order chi connectivity index (χ0) is 38.8. The molecule has 0 heterocycles. The van der Waals surface area contributed by atoms with E-state index < -0.39 is 17.4 Å². The van der Waals surface area contributed by atoms with Crippen LogP contribution in [0, 0.1) is 56.2 Å². The van der Waals surface area contributed by atoms with Gasteiger partial charge in [0, 0.05) is 29.8 Å². The molecule has 0 radical (unpaired) electrons. The number of carbonyl (C=O) groups is 4. The van der Waals surface area contributed by atoms with Crippen LogP contribution < -0.4 is 5.32 Å². The van der Waals surface area contributed by atoms with E-state index in [1.54, 1.807) is 13.8 Å². The Kier molecular flexibility index (Phi) is 11.1. The second-order valence-corrected chi connectivity index (χ2v) is 20.4. The Balaban J connectivity index is 1.42. The highest BCUT2D eigenvalue weighted by Gasteiger charge is 2.70. The smallest absolute Gasteiger partial charge is 0.309 e. The van der Waals surface area contributed by atoms with Crippen molar-refractivity contribution in [3.8, 4) is 0 Å². The maximum Gasteiger partial charge on any atom is 0.309 e. The number of nitrogens with zero attached hydrogens (tertiary/aromatic N) is 1. The molecule has 8 heteroatoms. The Morgan fingerprint density at radius 2 is 1.60 bits per heavy atom. The van der Waals surface area contributed by atoms with Crippen molar-refractivity contribution in [3.05, 3.63) is 11.1 Å². The normalized spacial score (nSPS) is 37.0. The van der Waals surface area contributed by atoms with Crippen molar-refractivity contribution in [2.24, 2.45) is 56.2 Å². The molecule has 52 heavy (non-hydrogen) atoms. The number of rotatable bonds is 12. The fourth-order valence-corrected chi connectivity index (χ4v) is 13.2. The van der Waals surface area contributed by atoms with Crippen LogP contribution in [-0.4, -0.2) is 65.4 Å². The topological polar surface area (TPSA) is 113 Å². The van der Waals surface area contributed by atoms with Gasteiger partial charge in [-0.3, -0.25) is 24.1 Å². The van der Waals surface area contributed by atoms with Gasteiger partial charge in [0.05, 0.1) is 18.4 Å². The third-order valence-electron chi connectivity index (χ3n) is 16.3. The molecule has 0 aromatic rings. The van der Waals surface area contributed by atoms with Gasteiger partial charge < -0.3 is 15.2 Å². The summed E-state index contributed by atoms with van der Waals surface area (Å²) in [5, 5.41) is 12.6. The molecule has 5 aliphatic rings. The fraction of sp³-hybridized carbons (Fsp3) is 0.864. The molecule has 0 bridgehead atoms. The van der Waals surface area contributed by atoms with E-state index >= 15 is 0 Å². The van der Waals surface area contributed by atoms with Crippen LogP contribution in [0.1, 0.15) is 154 Å². The molecule has 2 N–H and O–H groups in total. The monoisotopic (exact) mass is 725 g/mol. The first-order valence-corrected chi connectivity index (χ1v) is 20.7. The van der Waals surface area contributed by atoms with Crippen LogP contribution in [0.3, 0.4) is 0 Å². The summed E-state index contributed by atoms with van der Waals surface area (Å²) >= 11 is 0. The van der Waals surface area contributed by atoms with E-state index in [4.69, 9.17) is 4.74 Å². The molecule has 0 aliphatic heterocycles. The molecule has 294 valence electrons. The maximum atomic E-state index is 14.1. The molecule has 4 fully saturated rings. The van der Waals surface area contributed by atoms with Gasteiger partial charge in [-0.2, -0.15) is 0 Å². The van der Waals surface area contributed by atoms with Crippen molar-refractivity contribution < 1.29 is 29.0 Å². The first-order valence-electron chi connectivity index (χ1n) is 20.7. The largest absolute Gasteiger partial charge is 0.481 e. The molecule has 5 rings (SSSR count). The molecular weight excluding hydrogens is 652 g/mol. The molecular formula is C44H72N2O6. The number of likely N-dealkylation sites (N-methyl/N-ethyl adjacent to an activating group) is 1. The first kappa shape index (κ1) is 41.0. The predicted molar refractivity (Wildman–Crippen MR) is 205 cm³/mol. The van der Waals surface area contributed by atoms with Crippen LogP contribution in [0.5, 0.6) is 0 Å². The third-order valence-corrected chi connectivity index (χ3v) is 16.3. The fourth-order valence-electron chi connectivity index (χ4n) is 13.2. The van der Waals surface area contributed by atoms with Crippen LogP contribution in [-0.2, 0) is 23.9 Å². The standard InChI is InChI=1S/C44H72N2O6/c1-13-45-34(48)26-46(28(4)5)23-22-44-21-20-42(11)29(37(44)36(27(2)3)30(47)24-44)14-15-32-41(10)18-17-33(52-35(49)25-39(6,7)38(50)51)40(8,9)31(41)16-19-43(32,42)12/h27-29,31-33H,13-26H2,1-12H3,(H,45,48)(H,50,51)/t29-,31?,32?,33+,41+,42-,43-,44-/m1/s1. The van der Waals surface area contributed by atoms with Crippen LogP contribution in [0.15, 0.2) is 11.1 Å². The van der Waals surface area contributed by atoms with Crippen LogP contribution >= 0.6 is 0 Å². The molecule has 0 aromatic heterocycles. The number of Topliss-reactive ketones (excluding diaryl/α,β-unsaturated/α-hetero) is 1. The van der Waals surface area contributed by atoms with Crippen LogP contribution in [0.2, 0.25) is 0 Å². The van der Waals surface area contributed by atoms with Gasteiger partial charge in [-0.05, 0) is 144 Å². The number of carboxylic acid groups (broad SMARTS) is 1. The highest BCUT2D eigenvalue weighted by Crippen LogP contribution is 2.77. The Labute approximate surface area is 315 Å². The summed E-state index contributed by atoms with van der Waals surface area (Å²) in [6, 6.07) is 0.242. The van der Waals surface area contributed by atoms with Crippen molar-refractivity contribution >= 4 is 23.6 Å². The van der Waals surface area contributed by atoms with Gasteiger partial charge in [-0.1, -0.05) is 54.0 Å². The van der Waals surface area contributed by atoms with E-state index in [0.717, 1.165) is 69.9 Å². The average molecular weight is 725 g/mol. The molecule has 0 aromatic carbocycles. The van der Waals surface area contributed by atoms with Gasteiger partial charge >= 0.3 is 11.9 Å². The lowest BCUT2D eigenvalue weighted by Crippen LogP contribution is -2.65. The number of fused-ring (bicyclic) bond motifs is 7. The summed E-state index contributed by atoms with van der Waals surface area (Å²) in [7, 11) is 0. The van der Waals surface area contributed by atoms with Gasteiger partial charge in [0.15, 0.2) is 5.78 Å². The molecule has 0 saturated heterocycles. The maximum absolute atomic E-state index is 14.1. The molecule has 8 atom stereocenters. The SMILES string of the molecule is CCNC(=O)CN(CC[C@@]12CC[C@]3(C)[C@H](CCC4[C@@]5(C)CC[C@H](OC(=O)CC(C)(C)C(=O)O)C(C)(C)C5CC[C@]43C)C1=C(C(C)C)C(=O)C2)C(C)C. The lowest BCUT2D eigenvalue weighted by Gasteiger charge is -2.72. The minimum absolute atomic E-state index is 0.0684. The quantitative estimate of drug-likeness (QED) is 0.194. The number of carboxylic acids is 1. The van der Waals surface area contributed by atoms with Gasteiger partial charge in [0.2, 0.25) is 5.91 Å². The highest BCUT2D eigenvalue weighted by molar-refractivity contribution is 6.00. The second-order valence-electron chi connectivity index (χ2n) is 20.4. The molecule has 8 nitrogen and oxygen atoms in total. The number of carbonyl (C=O) groups excluding carboxylic acids is 3. The van der Waals surface area contributed by atoms with Crippen molar-refractivity contribution in [2.75, 3.05) is 19.6 Å². The number of hydrogen-bond acceptors (Lipinski definition) is 6. The molecule has 5 aliphatic carbocycles. The Bertz CT molecular complexity index is 1460. The summed E-state index contributed by atoms with van der Waals surface area (Å²) in [5.41, 5.74) is 1.39. The van der Waals surface area contributed by atoms with E-state index in [1.165, 1.54) is 5.57 Å². The number of ether oxygens (including phenoxy) is 1. The van der Waals surface area contributed by atoms with Gasteiger partial charge in [-0.15, -0.1) is 0 Å². The Morgan fingerprint density at radius 3 is 2.19 bits per heavy atom. The lowest BCUT2D eigenvalue weighted by molar-refractivity contribution is -0.233. The minimum atomic E-state index is -1.16. The van der Waals surface area contributed by atoms with E-state index in [2.05, 4.69) is 72.5 Å². The average Bonchev–Trinajstić information content (AvgIpc) is 3.33. The first-order chi connectivity index (χ1) is 24.0. The van der Waals surface area contributed by atoms with Gasteiger partial charge in [0.25, 0.3) is 0 Å². The molecule has 4 saturated carbocycles.